The van der Waals surface area contributed by atoms with Crippen molar-refractivity contribution >= 4 is 33.9 Å². The van der Waals surface area contributed by atoms with Crippen molar-refractivity contribution in [3.63, 3.8) is 0 Å². The largest absolute Gasteiger partial charge is 0.384 e. The molecule has 0 radical (unpaired) electrons. The van der Waals surface area contributed by atoms with E-state index in [4.69, 9.17) is 15.7 Å². The Morgan fingerprint density at radius 1 is 0.882 bits per heavy atom. The van der Waals surface area contributed by atoms with Crippen LogP contribution in [0, 0.1) is 0 Å². The molecule has 0 unspecified atom stereocenters. The minimum Gasteiger partial charge on any atom is -0.384 e. The molecule has 3 N–H and O–H groups in total. The SMILES string of the molecule is CCCCc1ccc(-n2c(N)c(C(=O)NCc3ccccc3)c3nc4ccccc4nc32)cc1. The maximum Gasteiger partial charge on any atom is 0.257 e. The standard InChI is InChI=1S/C28H27N5O/c1-2-3-9-19-14-16-21(17-15-19)33-26(29)24(28(34)30-18-20-10-5-4-6-11-20)25-27(33)32-23-13-8-7-12-22(23)31-25/h4-8,10-17H,2-3,9,18,29H2,1H3,(H,30,34). The third kappa shape index (κ3) is 4.10. The lowest BCUT2D eigenvalue weighted by Gasteiger charge is -2.09. The van der Waals surface area contributed by atoms with Crippen LogP contribution in [0.2, 0.25) is 0 Å². The second-order valence-electron chi connectivity index (χ2n) is 8.42. The van der Waals surface area contributed by atoms with Gasteiger partial charge in [-0.3, -0.25) is 9.36 Å². The lowest BCUT2D eigenvalue weighted by Crippen LogP contribution is -2.23. The van der Waals surface area contributed by atoms with E-state index >= 15 is 0 Å². The maximum atomic E-state index is 13.3. The number of anilines is 1. The van der Waals surface area contributed by atoms with Crippen LogP contribution in [-0.2, 0) is 13.0 Å². The number of nitrogens with one attached hydrogen (secondary N) is 1. The zero-order chi connectivity index (χ0) is 23.5. The number of nitrogens with two attached hydrogens (primary N) is 1. The number of fused-ring (bicyclic) bond motifs is 2. The summed E-state index contributed by atoms with van der Waals surface area (Å²) >= 11 is 0. The van der Waals surface area contributed by atoms with Crippen molar-refractivity contribution in [3.8, 4) is 5.69 Å². The zero-order valence-corrected chi connectivity index (χ0v) is 19.2. The molecule has 6 nitrogen and oxygen atoms in total. The molecule has 5 aromatic rings. The summed E-state index contributed by atoms with van der Waals surface area (Å²) in [6.45, 7) is 2.59. The van der Waals surface area contributed by atoms with Crippen LogP contribution in [0.3, 0.4) is 0 Å². The van der Waals surface area contributed by atoms with Crippen molar-refractivity contribution in [2.24, 2.45) is 0 Å². The van der Waals surface area contributed by atoms with Crippen LogP contribution in [0.1, 0.15) is 41.3 Å². The second kappa shape index (κ2) is 9.35. The molecule has 2 aromatic heterocycles. The number of carbonyl (C=O) groups is 1. The van der Waals surface area contributed by atoms with Crippen molar-refractivity contribution in [1.29, 1.82) is 0 Å². The van der Waals surface area contributed by atoms with Gasteiger partial charge in [-0.05, 0) is 48.2 Å². The number of unbranched alkanes of at least 4 members (excludes halogenated alkanes) is 1. The zero-order valence-electron chi connectivity index (χ0n) is 19.2. The molecule has 0 fully saturated rings. The summed E-state index contributed by atoms with van der Waals surface area (Å²) in [5.74, 6) is 0.0615. The highest BCUT2D eigenvalue weighted by atomic mass is 16.1. The molecule has 0 aliphatic heterocycles. The molecule has 0 aliphatic rings. The summed E-state index contributed by atoms with van der Waals surface area (Å²) in [6, 6.07) is 25.7. The Morgan fingerprint density at radius 3 is 2.26 bits per heavy atom. The average molecular weight is 450 g/mol. The molecule has 5 rings (SSSR count). The highest BCUT2D eigenvalue weighted by Gasteiger charge is 2.24. The number of aromatic nitrogens is 3. The van der Waals surface area contributed by atoms with Crippen LogP contribution in [0.4, 0.5) is 5.82 Å². The predicted octanol–water partition coefficient (Wildman–Crippen LogP) is 5.43. The van der Waals surface area contributed by atoms with Crippen molar-refractivity contribution in [2.75, 3.05) is 5.73 Å². The van der Waals surface area contributed by atoms with E-state index in [1.165, 1.54) is 5.56 Å². The smallest absolute Gasteiger partial charge is 0.257 e. The number of nitrogen functional groups attached to an aromatic ring is 1. The first-order chi connectivity index (χ1) is 16.7. The van der Waals surface area contributed by atoms with Gasteiger partial charge >= 0.3 is 0 Å². The van der Waals surface area contributed by atoms with Gasteiger partial charge in [0.1, 0.15) is 16.9 Å². The van der Waals surface area contributed by atoms with Gasteiger partial charge in [0.25, 0.3) is 5.91 Å². The highest BCUT2D eigenvalue weighted by molar-refractivity contribution is 6.11. The van der Waals surface area contributed by atoms with Gasteiger partial charge in [0, 0.05) is 12.2 Å². The first-order valence-electron chi connectivity index (χ1n) is 11.6. The summed E-state index contributed by atoms with van der Waals surface area (Å²) < 4.78 is 1.83. The number of hydrogen-bond donors (Lipinski definition) is 2. The summed E-state index contributed by atoms with van der Waals surface area (Å²) in [7, 11) is 0. The Morgan fingerprint density at radius 2 is 1.56 bits per heavy atom. The monoisotopic (exact) mass is 449 g/mol. The molecule has 3 aromatic carbocycles. The van der Waals surface area contributed by atoms with Gasteiger partial charge in [-0.2, -0.15) is 0 Å². The average Bonchev–Trinajstić information content (AvgIpc) is 3.16. The fourth-order valence-corrected chi connectivity index (χ4v) is 4.21. The lowest BCUT2D eigenvalue weighted by atomic mass is 10.1. The quantitative estimate of drug-likeness (QED) is 0.347. The number of rotatable bonds is 7. The first kappa shape index (κ1) is 21.6. The molecule has 2 heterocycles. The molecular weight excluding hydrogens is 422 g/mol. The van der Waals surface area contributed by atoms with E-state index in [0.29, 0.717) is 29.1 Å². The number of amides is 1. The molecule has 0 saturated heterocycles. The molecule has 0 atom stereocenters. The summed E-state index contributed by atoms with van der Waals surface area (Å²) in [5, 5.41) is 2.99. The maximum absolute atomic E-state index is 13.3. The van der Waals surface area contributed by atoms with E-state index in [1.807, 2.05) is 71.3 Å². The van der Waals surface area contributed by atoms with E-state index in [0.717, 1.165) is 41.5 Å². The van der Waals surface area contributed by atoms with Crippen LogP contribution < -0.4 is 11.1 Å². The van der Waals surface area contributed by atoms with Gasteiger partial charge in [-0.1, -0.05) is 67.9 Å². The van der Waals surface area contributed by atoms with Gasteiger partial charge < -0.3 is 11.1 Å². The van der Waals surface area contributed by atoms with E-state index in [1.54, 1.807) is 0 Å². The van der Waals surface area contributed by atoms with Gasteiger partial charge in [-0.25, -0.2) is 9.97 Å². The fourth-order valence-electron chi connectivity index (χ4n) is 4.21. The van der Waals surface area contributed by atoms with Crippen molar-refractivity contribution in [1.82, 2.24) is 19.9 Å². The fraction of sp³-hybridized carbons (Fsp3) is 0.179. The van der Waals surface area contributed by atoms with Crippen molar-refractivity contribution < 1.29 is 4.79 Å². The minimum atomic E-state index is -0.269. The van der Waals surface area contributed by atoms with Crippen molar-refractivity contribution in [2.45, 2.75) is 32.7 Å². The van der Waals surface area contributed by atoms with Gasteiger partial charge in [0.15, 0.2) is 5.65 Å². The molecular formula is C28H27N5O. The molecule has 0 spiro atoms. The topological polar surface area (TPSA) is 85.8 Å². The Kier molecular flexibility index (Phi) is 5.95. The number of para-hydroxylation sites is 2. The van der Waals surface area contributed by atoms with Gasteiger partial charge in [-0.15, -0.1) is 0 Å². The van der Waals surface area contributed by atoms with Crippen molar-refractivity contribution in [3.05, 3.63) is 95.6 Å². The predicted molar refractivity (Wildman–Crippen MR) is 137 cm³/mol. The summed E-state index contributed by atoms with van der Waals surface area (Å²) in [5.41, 5.74) is 12.7. The Hall–Kier alpha value is -4.19. The summed E-state index contributed by atoms with van der Waals surface area (Å²) in [6.07, 6.45) is 3.34. The summed E-state index contributed by atoms with van der Waals surface area (Å²) in [4.78, 5) is 23.0. The first-order valence-corrected chi connectivity index (χ1v) is 11.6. The third-order valence-corrected chi connectivity index (χ3v) is 6.03. The van der Waals surface area contributed by atoms with Crippen LogP contribution >= 0.6 is 0 Å². The molecule has 0 saturated carbocycles. The normalized spacial score (nSPS) is 11.2. The number of carbonyl (C=O) groups excluding carboxylic acids is 1. The molecule has 0 bridgehead atoms. The number of hydrogen-bond acceptors (Lipinski definition) is 4. The molecule has 34 heavy (non-hydrogen) atoms. The number of benzene rings is 3. The van der Waals surface area contributed by atoms with E-state index in [2.05, 4.69) is 24.4 Å². The second-order valence-corrected chi connectivity index (χ2v) is 8.42. The highest BCUT2D eigenvalue weighted by Crippen LogP contribution is 2.31. The van der Waals surface area contributed by atoms with Crippen LogP contribution in [-0.4, -0.2) is 20.4 Å². The van der Waals surface area contributed by atoms with Crippen LogP contribution in [0.15, 0.2) is 78.9 Å². The Labute approximate surface area is 198 Å². The lowest BCUT2D eigenvalue weighted by molar-refractivity contribution is 0.0953. The molecule has 6 heteroatoms. The third-order valence-electron chi connectivity index (χ3n) is 6.03. The van der Waals surface area contributed by atoms with Gasteiger partial charge in [0.2, 0.25) is 0 Å². The molecule has 1 amide bonds. The van der Waals surface area contributed by atoms with E-state index in [-0.39, 0.29) is 5.91 Å². The van der Waals surface area contributed by atoms with Gasteiger partial charge in [0.05, 0.1) is 11.0 Å². The Balaban J connectivity index is 1.61. The minimum absolute atomic E-state index is 0.269. The number of aryl methyl sites for hydroxylation is 1. The number of nitrogens with zero attached hydrogens (tertiary/aromatic N) is 3. The van der Waals surface area contributed by atoms with Crippen LogP contribution in [0.5, 0.6) is 0 Å². The van der Waals surface area contributed by atoms with E-state index < -0.39 is 0 Å². The molecule has 170 valence electrons. The van der Waals surface area contributed by atoms with Crippen LogP contribution in [0.25, 0.3) is 27.9 Å². The van der Waals surface area contributed by atoms with E-state index in [9.17, 15) is 4.79 Å². The molecule has 0 aliphatic carbocycles. The Bertz CT molecular complexity index is 1460.